The molecule has 1 aliphatic carbocycles. The van der Waals surface area contributed by atoms with Crippen LogP contribution in [-0.4, -0.2) is 50.9 Å². The van der Waals surface area contributed by atoms with Crippen molar-refractivity contribution >= 4 is 22.8 Å². The molecule has 1 spiro atoms. The third-order valence-electron chi connectivity index (χ3n) is 6.57. The molecule has 0 bridgehead atoms. The molecular formula is C25H23N5O. The van der Waals surface area contributed by atoms with E-state index < -0.39 is 0 Å². The molecular weight excluding hydrogens is 386 g/mol. The maximum Gasteiger partial charge on any atom is 0.254 e. The smallest absolute Gasteiger partial charge is 0.254 e. The minimum absolute atomic E-state index is 0.0916. The summed E-state index contributed by atoms with van der Waals surface area (Å²) in [5.74, 6) is 1.08. The second-order valence-corrected chi connectivity index (χ2v) is 8.49. The number of anilines is 1. The Bertz CT molecular complexity index is 1260. The van der Waals surface area contributed by atoms with Gasteiger partial charge >= 0.3 is 0 Å². The van der Waals surface area contributed by atoms with Gasteiger partial charge in [-0.3, -0.25) is 4.79 Å². The monoisotopic (exact) mass is 409 g/mol. The molecule has 1 saturated carbocycles. The number of amides is 1. The van der Waals surface area contributed by atoms with Crippen LogP contribution in [0.25, 0.3) is 22.2 Å². The molecule has 1 aliphatic heterocycles. The Morgan fingerprint density at radius 2 is 1.77 bits per heavy atom. The molecule has 1 saturated heterocycles. The van der Waals surface area contributed by atoms with Gasteiger partial charge in [0.05, 0.1) is 10.9 Å². The number of nitrogens with one attached hydrogen (secondary N) is 1. The van der Waals surface area contributed by atoms with Crippen molar-refractivity contribution in [3.63, 3.8) is 0 Å². The summed E-state index contributed by atoms with van der Waals surface area (Å²) >= 11 is 0. The number of fused-ring (bicyclic) bond motifs is 1. The van der Waals surface area contributed by atoms with E-state index >= 15 is 0 Å². The lowest BCUT2D eigenvalue weighted by atomic mass is 10.0. The molecule has 4 aromatic rings. The van der Waals surface area contributed by atoms with Crippen molar-refractivity contribution in [1.29, 1.82) is 0 Å². The van der Waals surface area contributed by atoms with Gasteiger partial charge < -0.3 is 14.8 Å². The van der Waals surface area contributed by atoms with Crippen LogP contribution in [0.4, 0.5) is 5.82 Å². The van der Waals surface area contributed by atoms with E-state index in [1.807, 2.05) is 48.7 Å². The third kappa shape index (κ3) is 3.06. The van der Waals surface area contributed by atoms with Crippen LogP contribution in [0.15, 0.2) is 73.2 Å². The summed E-state index contributed by atoms with van der Waals surface area (Å²) in [6, 6.07) is 20.2. The van der Waals surface area contributed by atoms with Crippen molar-refractivity contribution in [3.8, 4) is 11.1 Å². The first kappa shape index (κ1) is 18.1. The molecule has 2 aromatic carbocycles. The summed E-state index contributed by atoms with van der Waals surface area (Å²) in [7, 11) is 0. The van der Waals surface area contributed by atoms with Gasteiger partial charge in [-0.05, 0) is 42.2 Å². The zero-order chi connectivity index (χ0) is 20.8. The molecule has 1 N–H and O–H groups in total. The first-order valence-electron chi connectivity index (χ1n) is 10.7. The topological polar surface area (TPSA) is 65.1 Å². The Balaban J connectivity index is 1.27. The van der Waals surface area contributed by atoms with Crippen LogP contribution in [0.1, 0.15) is 23.2 Å². The van der Waals surface area contributed by atoms with Crippen LogP contribution >= 0.6 is 0 Å². The van der Waals surface area contributed by atoms with E-state index in [1.54, 1.807) is 6.33 Å². The van der Waals surface area contributed by atoms with Crippen molar-refractivity contribution < 1.29 is 4.79 Å². The number of benzene rings is 2. The number of hydrogen-bond acceptors (Lipinski definition) is 4. The van der Waals surface area contributed by atoms with Crippen LogP contribution in [0, 0.1) is 0 Å². The molecule has 2 aromatic heterocycles. The SMILES string of the molecule is O=C(c1cccc(-c2ccccc2)c1)N1CCN(c2ncnc3[nH]ccc23)CC12CC2. The first-order chi connectivity index (χ1) is 15.2. The van der Waals surface area contributed by atoms with Crippen molar-refractivity contribution in [2.45, 2.75) is 18.4 Å². The van der Waals surface area contributed by atoms with E-state index in [-0.39, 0.29) is 11.4 Å². The number of aromatic nitrogens is 3. The maximum atomic E-state index is 13.5. The summed E-state index contributed by atoms with van der Waals surface area (Å²) in [5, 5.41) is 1.04. The first-order valence-corrected chi connectivity index (χ1v) is 10.7. The normalized spacial score (nSPS) is 17.3. The summed E-state index contributed by atoms with van der Waals surface area (Å²) < 4.78 is 0. The maximum absolute atomic E-state index is 13.5. The quantitative estimate of drug-likeness (QED) is 0.553. The van der Waals surface area contributed by atoms with Gasteiger partial charge in [-0.1, -0.05) is 42.5 Å². The largest absolute Gasteiger partial charge is 0.352 e. The fraction of sp³-hybridized carbons (Fsp3) is 0.240. The van der Waals surface area contributed by atoms with Crippen molar-refractivity contribution in [2.75, 3.05) is 24.5 Å². The Morgan fingerprint density at radius 3 is 2.61 bits per heavy atom. The van der Waals surface area contributed by atoms with Crippen molar-refractivity contribution in [3.05, 3.63) is 78.8 Å². The highest BCUT2D eigenvalue weighted by molar-refractivity contribution is 5.96. The van der Waals surface area contributed by atoms with E-state index in [4.69, 9.17) is 0 Å². The Hall–Kier alpha value is -3.67. The van der Waals surface area contributed by atoms with Gasteiger partial charge in [-0.2, -0.15) is 0 Å². The van der Waals surface area contributed by atoms with Crippen molar-refractivity contribution in [2.24, 2.45) is 0 Å². The number of piperazine rings is 1. The molecule has 1 amide bonds. The van der Waals surface area contributed by atoms with E-state index in [2.05, 4.69) is 43.0 Å². The standard InChI is InChI=1S/C25H23N5O/c31-24(20-8-4-7-19(15-20)18-5-2-1-3-6-18)30-14-13-29(16-25(30)10-11-25)23-21-9-12-26-22(21)27-17-28-23/h1-9,12,15,17H,10-11,13-14,16H2,(H,26,27,28). The number of hydrogen-bond donors (Lipinski definition) is 1. The van der Waals surface area contributed by atoms with E-state index in [9.17, 15) is 4.79 Å². The zero-order valence-corrected chi connectivity index (χ0v) is 17.2. The summed E-state index contributed by atoms with van der Waals surface area (Å²) in [6.45, 7) is 2.28. The van der Waals surface area contributed by atoms with Gasteiger partial charge in [0.15, 0.2) is 0 Å². The summed E-state index contributed by atoms with van der Waals surface area (Å²) in [5.41, 5.74) is 3.72. The lowest BCUT2D eigenvalue weighted by Gasteiger charge is -2.43. The van der Waals surface area contributed by atoms with E-state index in [0.717, 1.165) is 59.5 Å². The van der Waals surface area contributed by atoms with Crippen LogP contribution in [0.2, 0.25) is 0 Å². The lowest BCUT2D eigenvalue weighted by molar-refractivity contribution is 0.0624. The highest BCUT2D eigenvalue weighted by Gasteiger charge is 2.53. The number of carbonyl (C=O) groups excluding carboxylic acids is 1. The molecule has 6 heteroatoms. The fourth-order valence-corrected chi connectivity index (χ4v) is 4.78. The Kier molecular flexibility index (Phi) is 4.06. The van der Waals surface area contributed by atoms with Gasteiger partial charge in [0.2, 0.25) is 0 Å². The predicted molar refractivity (Wildman–Crippen MR) is 121 cm³/mol. The average molecular weight is 409 g/mol. The minimum Gasteiger partial charge on any atom is -0.352 e. The van der Waals surface area contributed by atoms with E-state index in [1.165, 1.54) is 0 Å². The molecule has 0 unspecified atom stereocenters. The molecule has 6 rings (SSSR count). The van der Waals surface area contributed by atoms with Crippen LogP contribution in [0.5, 0.6) is 0 Å². The highest BCUT2D eigenvalue weighted by Crippen LogP contribution is 2.46. The average Bonchev–Trinajstić information content (AvgIpc) is 3.40. The van der Waals surface area contributed by atoms with Gasteiger partial charge in [-0.15, -0.1) is 0 Å². The van der Waals surface area contributed by atoms with Crippen LogP contribution in [-0.2, 0) is 0 Å². The summed E-state index contributed by atoms with van der Waals surface area (Å²) in [6.07, 6.45) is 5.58. The number of rotatable bonds is 3. The number of nitrogens with zero attached hydrogens (tertiary/aromatic N) is 4. The minimum atomic E-state index is -0.0916. The number of aromatic amines is 1. The molecule has 0 atom stereocenters. The van der Waals surface area contributed by atoms with Gasteiger partial charge in [-0.25, -0.2) is 9.97 Å². The van der Waals surface area contributed by atoms with Gasteiger partial charge in [0.25, 0.3) is 5.91 Å². The Labute approximate surface area is 180 Å². The van der Waals surface area contributed by atoms with Crippen LogP contribution in [0.3, 0.4) is 0 Å². The van der Waals surface area contributed by atoms with E-state index in [0.29, 0.717) is 6.54 Å². The molecule has 2 aliphatic rings. The summed E-state index contributed by atoms with van der Waals surface area (Å²) in [4.78, 5) is 30.0. The predicted octanol–water partition coefficient (Wildman–Crippen LogP) is 4.12. The van der Waals surface area contributed by atoms with Crippen LogP contribution < -0.4 is 4.90 Å². The second kappa shape index (κ2) is 6.94. The van der Waals surface area contributed by atoms with Crippen molar-refractivity contribution in [1.82, 2.24) is 19.9 Å². The molecule has 0 radical (unpaired) electrons. The highest BCUT2D eigenvalue weighted by atomic mass is 16.2. The Morgan fingerprint density at radius 1 is 0.935 bits per heavy atom. The second-order valence-electron chi connectivity index (χ2n) is 8.49. The molecule has 6 nitrogen and oxygen atoms in total. The number of H-pyrrole nitrogens is 1. The zero-order valence-electron chi connectivity index (χ0n) is 17.2. The van der Waals surface area contributed by atoms with Gasteiger partial charge in [0.1, 0.15) is 17.8 Å². The lowest BCUT2D eigenvalue weighted by Crippen LogP contribution is -2.57. The molecule has 154 valence electrons. The fourth-order valence-electron chi connectivity index (χ4n) is 4.78. The molecule has 3 heterocycles. The molecule has 31 heavy (non-hydrogen) atoms. The third-order valence-corrected chi connectivity index (χ3v) is 6.57. The van der Waals surface area contributed by atoms with Gasteiger partial charge in [0, 0.05) is 31.4 Å². The number of carbonyl (C=O) groups is 1. The molecule has 2 fully saturated rings.